The highest BCUT2D eigenvalue weighted by Crippen LogP contribution is 2.35. The molecule has 0 spiro atoms. The molecule has 3 amide bonds. The predicted molar refractivity (Wildman–Crippen MR) is 161 cm³/mol. The Morgan fingerprint density at radius 2 is 1.80 bits per heavy atom. The molecule has 0 aromatic heterocycles. The van der Waals surface area contributed by atoms with E-state index in [-0.39, 0.29) is 41.1 Å². The average molecular weight is 615 g/mol. The average Bonchev–Trinajstić information content (AvgIpc) is 2.99. The van der Waals surface area contributed by atoms with Crippen LogP contribution in [-0.2, 0) is 12.7 Å². The van der Waals surface area contributed by atoms with Crippen LogP contribution in [-0.4, -0.2) is 72.8 Å². The van der Waals surface area contributed by atoms with Crippen LogP contribution in [0, 0.1) is 5.92 Å². The smallest absolute Gasteiger partial charge is 0.416 e. The minimum atomic E-state index is -4.50. The van der Waals surface area contributed by atoms with Crippen LogP contribution in [0.2, 0.25) is 0 Å². The number of halogens is 3. The van der Waals surface area contributed by atoms with Crippen LogP contribution in [0.4, 0.5) is 29.3 Å². The maximum atomic E-state index is 13.7. The standard InChI is InChI=1S/C32H37F3N4O5/c1-20-16-39(21(2)19-40)30(41)26-6-5-7-27(37-31(42)36-24-12-10-23(11-13-24)32(33,34)35)29(26)44-28(20)18-38(3)17-22-8-14-25(43-4)15-9-22/h5-15,20-21,28,40H,16-19H2,1-4H3,(H2,36,37,42)/t20-,21-,28-/m1/s1. The fourth-order valence-electron chi connectivity index (χ4n) is 5.00. The van der Waals surface area contributed by atoms with E-state index in [1.807, 2.05) is 38.2 Å². The molecule has 0 saturated heterocycles. The summed E-state index contributed by atoms with van der Waals surface area (Å²) in [5, 5.41) is 15.1. The molecule has 0 saturated carbocycles. The molecule has 9 nitrogen and oxygen atoms in total. The molecule has 0 fully saturated rings. The molecule has 1 aliphatic rings. The van der Waals surface area contributed by atoms with Crippen LogP contribution in [0.1, 0.15) is 35.3 Å². The van der Waals surface area contributed by atoms with Crippen molar-refractivity contribution in [1.29, 1.82) is 0 Å². The van der Waals surface area contributed by atoms with E-state index in [1.54, 1.807) is 37.1 Å². The highest BCUT2D eigenvalue weighted by molar-refractivity contribution is 6.04. The minimum absolute atomic E-state index is 0.154. The van der Waals surface area contributed by atoms with Gasteiger partial charge in [0.05, 0.1) is 36.6 Å². The fraction of sp³-hybridized carbons (Fsp3) is 0.375. The first kappa shape index (κ1) is 32.6. The highest BCUT2D eigenvalue weighted by Gasteiger charge is 2.35. The Hall–Kier alpha value is -4.29. The van der Waals surface area contributed by atoms with Gasteiger partial charge < -0.3 is 30.1 Å². The van der Waals surface area contributed by atoms with Crippen molar-refractivity contribution in [2.75, 3.05) is 44.5 Å². The Bertz CT molecular complexity index is 1430. The number of aliphatic hydroxyl groups excluding tert-OH is 1. The van der Waals surface area contributed by atoms with Crippen molar-refractivity contribution in [3.05, 3.63) is 83.4 Å². The second-order valence-electron chi connectivity index (χ2n) is 11.0. The van der Waals surface area contributed by atoms with E-state index < -0.39 is 29.9 Å². The number of carbonyl (C=O) groups excluding carboxylic acids is 2. The SMILES string of the molecule is COc1ccc(CN(C)C[C@H]2Oc3c(NC(=O)Nc4ccc(C(F)(F)F)cc4)cccc3C(=O)N([C@H](C)CO)C[C@H]2C)cc1. The summed E-state index contributed by atoms with van der Waals surface area (Å²) in [7, 11) is 3.57. The van der Waals surface area contributed by atoms with E-state index in [0.29, 0.717) is 19.6 Å². The first-order valence-electron chi connectivity index (χ1n) is 14.2. The van der Waals surface area contributed by atoms with Crippen molar-refractivity contribution < 1.29 is 37.3 Å². The molecular formula is C32H37F3N4O5. The molecular weight excluding hydrogens is 577 g/mol. The van der Waals surface area contributed by atoms with Crippen molar-refractivity contribution in [3.8, 4) is 11.5 Å². The number of fused-ring (bicyclic) bond motifs is 1. The summed E-state index contributed by atoms with van der Waals surface area (Å²) in [6.07, 6.45) is -4.91. The number of amides is 3. The molecule has 0 radical (unpaired) electrons. The van der Waals surface area contributed by atoms with Crippen LogP contribution < -0.4 is 20.1 Å². The van der Waals surface area contributed by atoms with Gasteiger partial charge in [0.15, 0.2) is 5.75 Å². The number of anilines is 2. The third-order valence-electron chi connectivity index (χ3n) is 7.51. The first-order valence-corrected chi connectivity index (χ1v) is 14.2. The van der Waals surface area contributed by atoms with Crippen LogP contribution in [0.25, 0.3) is 0 Å². The van der Waals surface area contributed by atoms with Crippen LogP contribution >= 0.6 is 0 Å². The van der Waals surface area contributed by atoms with Gasteiger partial charge in [-0.2, -0.15) is 13.2 Å². The van der Waals surface area contributed by atoms with Crippen molar-refractivity contribution in [2.45, 2.75) is 38.7 Å². The van der Waals surface area contributed by atoms with E-state index in [9.17, 15) is 27.9 Å². The summed E-state index contributed by atoms with van der Waals surface area (Å²) in [5.74, 6) is 0.415. The number of alkyl halides is 3. The largest absolute Gasteiger partial charge is 0.497 e. The molecule has 3 N–H and O–H groups in total. The molecule has 3 aromatic carbocycles. The lowest BCUT2D eigenvalue weighted by molar-refractivity contribution is -0.137. The predicted octanol–water partition coefficient (Wildman–Crippen LogP) is 5.71. The lowest BCUT2D eigenvalue weighted by atomic mass is 9.99. The fourth-order valence-corrected chi connectivity index (χ4v) is 5.00. The number of hydrogen-bond acceptors (Lipinski definition) is 6. The number of para-hydroxylation sites is 1. The summed E-state index contributed by atoms with van der Waals surface area (Å²) in [6.45, 7) is 4.94. The molecule has 0 unspecified atom stereocenters. The van der Waals surface area contributed by atoms with E-state index in [2.05, 4.69) is 15.5 Å². The molecule has 44 heavy (non-hydrogen) atoms. The van der Waals surface area contributed by atoms with Gasteiger partial charge in [0.1, 0.15) is 11.9 Å². The lowest BCUT2D eigenvalue weighted by Gasteiger charge is -2.38. The van der Waals surface area contributed by atoms with Gasteiger partial charge in [-0.15, -0.1) is 0 Å². The van der Waals surface area contributed by atoms with Crippen molar-refractivity contribution in [2.24, 2.45) is 5.92 Å². The third kappa shape index (κ3) is 8.00. The zero-order valence-electron chi connectivity index (χ0n) is 25.0. The Balaban J connectivity index is 1.59. The molecule has 3 atom stereocenters. The summed E-state index contributed by atoms with van der Waals surface area (Å²) >= 11 is 0. The number of likely N-dealkylation sites (N-methyl/N-ethyl adjacent to an activating group) is 1. The summed E-state index contributed by atoms with van der Waals surface area (Å²) < 4.78 is 50.6. The number of nitrogens with one attached hydrogen (secondary N) is 2. The number of rotatable bonds is 9. The van der Waals surface area contributed by atoms with E-state index in [0.717, 1.165) is 35.6 Å². The number of ether oxygens (including phenoxy) is 2. The van der Waals surface area contributed by atoms with Gasteiger partial charge >= 0.3 is 12.2 Å². The normalized spacial score (nSPS) is 17.7. The Labute approximate surface area is 254 Å². The Kier molecular flexibility index (Phi) is 10.4. The van der Waals surface area contributed by atoms with Gasteiger partial charge in [-0.1, -0.05) is 25.1 Å². The molecule has 3 aromatic rings. The molecule has 0 bridgehead atoms. The third-order valence-corrected chi connectivity index (χ3v) is 7.51. The summed E-state index contributed by atoms with van der Waals surface area (Å²) in [4.78, 5) is 30.3. The number of urea groups is 1. The van der Waals surface area contributed by atoms with Gasteiger partial charge in [0, 0.05) is 31.2 Å². The molecule has 0 aliphatic carbocycles. The number of aliphatic hydroxyl groups is 1. The number of carbonyl (C=O) groups is 2. The maximum Gasteiger partial charge on any atom is 0.416 e. The van der Waals surface area contributed by atoms with Crippen LogP contribution in [0.5, 0.6) is 11.5 Å². The molecule has 1 aliphatic heterocycles. The topological polar surface area (TPSA) is 103 Å². The van der Waals surface area contributed by atoms with Gasteiger partial charge in [0.2, 0.25) is 0 Å². The molecule has 236 valence electrons. The van der Waals surface area contributed by atoms with Gasteiger partial charge in [0.25, 0.3) is 5.91 Å². The van der Waals surface area contributed by atoms with E-state index in [1.165, 1.54) is 0 Å². The van der Waals surface area contributed by atoms with Gasteiger partial charge in [-0.25, -0.2) is 4.79 Å². The van der Waals surface area contributed by atoms with Crippen molar-refractivity contribution in [3.63, 3.8) is 0 Å². The van der Waals surface area contributed by atoms with E-state index >= 15 is 0 Å². The highest BCUT2D eigenvalue weighted by atomic mass is 19.4. The zero-order chi connectivity index (χ0) is 32.0. The van der Waals surface area contributed by atoms with Crippen LogP contribution in [0.15, 0.2) is 66.7 Å². The first-order chi connectivity index (χ1) is 20.9. The van der Waals surface area contributed by atoms with Crippen molar-refractivity contribution >= 4 is 23.3 Å². The number of nitrogens with zero attached hydrogens (tertiary/aromatic N) is 2. The molecule has 1 heterocycles. The Morgan fingerprint density at radius 3 is 2.41 bits per heavy atom. The molecule has 4 rings (SSSR count). The zero-order valence-corrected chi connectivity index (χ0v) is 25.0. The second-order valence-corrected chi connectivity index (χ2v) is 11.0. The van der Waals surface area contributed by atoms with E-state index in [4.69, 9.17) is 9.47 Å². The number of methoxy groups -OCH3 is 1. The Morgan fingerprint density at radius 1 is 1.11 bits per heavy atom. The van der Waals surface area contributed by atoms with Crippen molar-refractivity contribution in [1.82, 2.24) is 9.80 Å². The van der Waals surface area contributed by atoms with Gasteiger partial charge in [-0.3, -0.25) is 9.69 Å². The minimum Gasteiger partial charge on any atom is -0.497 e. The maximum absolute atomic E-state index is 13.7. The van der Waals surface area contributed by atoms with Crippen LogP contribution in [0.3, 0.4) is 0 Å². The monoisotopic (exact) mass is 614 g/mol. The molecule has 12 heteroatoms. The van der Waals surface area contributed by atoms with Gasteiger partial charge in [-0.05, 0) is 68.1 Å². The summed E-state index contributed by atoms with van der Waals surface area (Å²) in [5.41, 5.74) is 0.820. The summed E-state index contributed by atoms with van der Waals surface area (Å²) in [6, 6.07) is 15.4. The number of benzene rings is 3. The second kappa shape index (κ2) is 14.0. The lowest BCUT2D eigenvalue weighted by Crippen LogP contribution is -2.49. The quantitative estimate of drug-likeness (QED) is 0.285. The number of hydrogen-bond donors (Lipinski definition) is 3.